The second kappa shape index (κ2) is 4.36. The Morgan fingerprint density at radius 3 is 2.69 bits per heavy atom. The van der Waals surface area contributed by atoms with E-state index in [-0.39, 0.29) is 0 Å². The van der Waals surface area contributed by atoms with Crippen LogP contribution < -0.4 is 0 Å². The van der Waals surface area contributed by atoms with E-state index in [9.17, 15) is 4.79 Å². The summed E-state index contributed by atoms with van der Waals surface area (Å²) < 4.78 is 5.89. The van der Waals surface area contributed by atoms with E-state index in [2.05, 4.69) is 0 Å². The number of likely N-dealkylation sites (tertiary alicyclic amines) is 1. The summed E-state index contributed by atoms with van der Waals surface area (Å²) in [5.74, 6) is 1.58. The first kappa shape index (κ1) is 10.6. The van der Waals surface area contributed by atoms with Crippen LogP contribution in [-0.2, 0) is 9.53 Å². The monoisotopic (exact) mass is 223 g/mol. The molecule has 1 amide bonds. The SMILES string of the molecule is O=C(C1CC1)N1CCCC(OCC2CC2)C1. The molecule has 0 N–H and O–H groups in total. The Labute approximate surface area is 97.1 Å². The molecule has 1 heterocycles. The van der Waals surface area contributed by atoms with E-state index < -0.39 is 0 Å². The molecule has 2 saturated carbocycles. The van der Waals surface area contributed by atoms with Gasteiger partial charge in [0, 0.05) is 25.6 Å². The van der Waals surface area contributed by atoms with E-state index in [1.807, 2.05) is 4.90 Å². The fourth-order valence-electron chi connectivity index (χ4n) is 2.42. The third-order valence-corrected chi connectivity index (χ3v) is 3.88. The van der Waals surface area contributed by atoms with Crippen LogP contribution in [0.15, 0.2) is 0 Å². The van der Waals surface area contributed by atoms with Crippen LogP contribution in [0.4, 0.5) is 0 Å². The zero-order valence-electron chi connectivity index (χ0n) is 9.86. The molecular weight excluding hydrogens is 202 g/mol. The van der Waals surface area contributed by atoms with Crippen LogP contribution in [0.2, 0.25) is 0 Å². The lowest BCUT2D eigenvalue weighted by atomic mass is 10.1. The number of carbonyl (C=O) groups is 1. The number of piperidine rings is 1. The van der Waals surface area contributed by atoms with Crippen LogP contribution >= 0.6 is 0 Å². The number of carbonyl (C=O) groups excluding carboxylic acids is 1. The molecule has 0 aromatic heterocycles. The number of rotatable bonds is 4. The largest absolute Gasteiger partial charge is 0.376 e. The molecule has 3 fully saturated rings. The van der Waals surface area contributed by atoms with Crippen molar-refractivity contribution in [2.45, 2.75) is 44.6 Å². The van der Waals surface area contributed by atoms with E-state index in [1.165, 1.54) is 12.8 Å². The summed E-state index contributed by atoms with van der Waals surface area (Å²) in [6.07, 6.45) is 7.49. The highest BCUT2D eigenvalue weighted by Gasteiger charge is 2.35. The van der Waals surface area contributed by atoms with Gasteiger partial charge in [0.05, 0.1) is 6.10 Å². The Kier molecular flexibility index (Phi) is 2.88. The Balaban J connectivity index is 1.46. The van der Waals surface area contributed by atoms with Crippen molar-refractivity contribution in [3.05, 3.63) is 0 Å². The standard InChI is InChI=1S/C13H21NO2/c15-13(11-5-6-11)14-7-1-2-12(8-14)16-9-10-3-4-10/h10-12H,1-9H2. The summed E-state index contributed by atoms with van der Waals surface area (Å²) in [7, 11) is 0. The molecule has 16 heavy (non-hydrogen) atoms. The van der Waals surface area contributed by atoms with Crippen LogP contribution in [0.5, 0.6) is 0 Å². The Hall–Kier alpha value is -0.570. The molecule has 3 aliphatic rings. The van der Waals surface area contributed by atoms with Crippen molar-refractivity contribution in [2.24, 2.45) is 11.8 Å². The van der Waals surface area contributed by atoms with E-state index in [4.69, 9.17) is 4.74 Å². The highest BCUT2D eigenvalue weighted by molar-refractivity contribution is 5.81. The first-order chi connectivity index (χ1) is 7.83. The summed E-state index contributed by atoms with van der Waals surface area (Å²) in [4.78, 5) is 14.0. The minimum absolute atomic E-state index is 0.317. The van der Waals surface area contributed by atoms with Gasteiger partial charge in [-0.3, -0.25) is 4.79 Å². The van der Waals surface area contributed by atoms with Gasteiger partial charge in [0.1, 0.15) is 0 Å². The van der Waals surface area contributed by atoms with Crippen molar-refractivity contribution in [3.8, 4) is 0 Å². The molecule has 3 rings (SSSR count). The van der Waals surface area contributed by atoms with Gasteiger partial charge < -0.3 is 9.64 Å². The molecule has 1 aliphatic heterocycles. The number of hydrogen-bond donors (Lipinski definition) is 0. The summed E-state index contributed by atoms with van der Waals surface area (Å²) in [5, 5.41) is 0. The van der Waals surface area contributed by atoms with E-state index in [0.717, 1.165) is 51.3 Å². The minimum atomic E-state index is 0.317. The van der Waals surface area contributed by atoms with Crippen LogP contribution in [0.25, 0.3) is 0 Å². The highest BCUT2D eigenvalue weighted by atomic mass is 16.5. The van der Waals surface area contributed by atoms with Gasteiger partial charge >= 0.3 is 0 Å². The predicted molar refractivity (Wildman–Crippen MR) is 61.0 cm³/mol. The number of nitrogens with zero attached hydrogens (tertiary/aromatic N) is 1. The molecule has 0 radical (unpaired) electrons. The normalized spacial score (nSPS) is 30.5. The maximum atomic E-state index is 11.9. The van der Waals surface area contributed by atoms with Gasteiger partial charge in [0.25, 0.3) is 0 Å². The van der Waals surface area contributed by atoms with Crippen molar-refractivity contribution in [1.82, 2.24) is 4.90 Å². The predicted octanol–water partition coefficient (Wildman–Crippen LogP) is 1.81. The molecule has 3 nitrogen and oxygen atoms in total. The summed E-state index contributed by atoms with van der Waals surface area (Å²) in [5.41, 5.74) is 0. The van der Waals surface area contributed by atoms with Gasteiger partial charge in [-0.25, -0.2) is 0 Å². The molecule has 3 heteroatoms. The minimum Gasteiger partial charge on any atom is -0.376 e. The second-order valence-corrected chi connectivity index (χ2v) is 5.60. The topological polar surface area (TPSA) is 29.5 Å². The van der Waals surface area contributed by atoms with Crippen molar-refractivity contribution in [1.29, 1.82) is 0 Å². The maximum absolute atomic E-state index is 11.9. The summed E-state index contributed by atoms with van der Waals surface area (Å²) >= 11 is 0. The first-order valence-electron chi connectivity index (χ1n) is 6.73. The second-order valence-electron chi connectivity index (χ2n) is 5.60. The molecular formula is C13H21NO2. The lowest BCUT2D eigenvalue weighted by Gasteiger charge is -2.32. The van der Waals surface area contributed by atoms with Gasteiger partial charge in [-0.15, -0.1) is 0 Å². The fraction of sp³-hybridized carbons (Fsp3) is 0.923. The number of hydrogen-bond acceptors (Lipinski definition) is 2. The zero-order valence-corrected chi connectivity index (χ0v) is 9.86. The average molecular weight is 223 g/mol. The van der Waals surface area contributed by atoms with Gasteiger partial charge in [0.2, 0.25) is 5.91 Å². The highest BCUT2D eigenvalue weighted by Crippen LogP contribution is 2.33. The van der Waals surface area contributed by atoms with Crippen molar-refractivity contribution in [2.75, 3.05) is 19.7 Å². The average Bonchev–Trinajstić information content (AvgIpc) is 3.18. The molecule has 90 valence electrons. The zero-order chi connectivity index (χ0) is 11.0. The van der Waals surface area contributed by atoms with Gasteiger partial charge in [-0.05, 0) is 44.4 Å². The Morgan fingerprint density at radius 1 is 1.19 bits per heavy atom. The van der Waals surface area contributed by atoms with E-state index in [1.54, 1.807) is 0 Å². The van der Waals surface area contributed by atoms with E-state index >= 15 is 0 Å². The molecule has 0 bridgehead atoms. The quantitative estimate of drug-likeness (QED) is 0.727. The molecule has 2 aliphatic carbocycles. The Morgan fingerprint density at radius 2 is 2.00 bits per heavy atom. The molecule has 1 atom stereocenters. The molecule has 0 aromatic rings. The fourth-order valence-corrected chi connectivity index (χ4v) is 2.42. The van der Waals surface area contributed by atoms with Gasteiger partial charge in [-0.2, -0.15) is 0 Å². The van der Waals surface area contributed by atoms with Crippen molar-refractivity contribution in [3.63, 3.8) is 0 Å². The Bertz CT molecular complexity index is 271. The number of ether oxygens (including phenoxy) is 1. The summed E-state index contributed by atoms with van der Waals surface area (Å²) in [6, 6.07) is 0. The third-order valence-electron chi connectivity index (χ3n) is 3.88. The lowest BCUT2D eigenvalue weighted by Crippen LogP contribution is -2.44. The van der Waals surface area contributed by atoms with Crippen LogP contribution in [0, 0.1) is 11.8 Å². The van der Waals surface area contributed by atoms with Gasteiger partial charge in [0.15, 0.2) is 0 Å². The molecule has 0 aromatic carbocycles. The number of amides is 1. The molecule has 1 saturated heterocycles. The van der Waals surface area contributed by atoms with Crippen LogP contribution in [0.1, 0.15) is 38.5 Å². The van der Waals surface area contributed by atoms with Gasteiger partial charge in [-0.1, -0.05) is 0 Å². The maximum Gasteiger partial charge on any atom is 0.225 e. The van der Waals surface area contributed by atoms with Crippen LogP contribution in [0.3, 0.4) is 0 Å². The van der Waals surface area contributed by atoms with Crippen molar-refractivity contribution < 1.29 is 9.53 Å². The van der Waals surface area contributed by atoms with Crippen molar-refractivity contribution >= 4 is 5.91 Å². The van der Waals surface area contributed by atoms with E-state index in [0.29, 0.717) is 17.9 Å². The lowest BCUT2D eigenvalue weighted by molar-refractivity contribution is -0.136. The smallest absolute Gasteiger partial charge is 0.225 e. The molecule has 0 spiro atoms. The van der Waals surface area contributed by atoms with Crippen LogP contribution in [-0.4, -0.2) is 36.6 Å². The molecule has 1 unspecified atom stereocenters. The summed E-state index contributed by atoms with van der Waals surface area (Å²) in [6.45, 7) is 2.73. The third kappa shape index (κ3) is 2.57. The first-order valence-corrected chi connectivity index (χ1v) is 6.73.